The molecule has 4 atom stereocenters. The number of carbonyl (C=O) groups is 3. The summed E-state index contributed by atoms with van der Waals surface area (Å²) in [6.07, 6.45) is -1.13. The molecule has 1 saturated carbocycles. The van der Waals surface area contributed by atoms with Crippen molar-refractivity contribution in [2.24, 2.45) is 11.8 Å². The third kappa shape index (κ3) is 5.00. The summed E-state index contributed by atoms with van der Waals surface area (Å²) in [7, 11) is 0. The Morgan fingerprint density at radius 1 is 1.07 bits per heavy atom. The first-order valence-electron chi connectivity index (χ1n) is 9.35. The number of ether oxygens (including phenoxy) is 2. The number of aliphatic hydroxyl groups is 1. The molecule has 1 aliphatic carbocycles. The van der Waals surface area contributed by atoms with Crippen molar-refractivity contribution in [1.82, 2.24) is 0 Å². The normalized spacial score (nSPS) is 27.8. The number of ketones is 1. The van der Waals surface area contributed by atoms with Gasteiger partial charge in [-0.25, -0.2) is 0 Å². The Morgan fingerprint density at radius 2 is 1.57 bits per heavy atom. The molecule has 1 fully saturated rings. The van der Waals surface area contributed by atoms with Gasteiger partial charge in [-0.3, -0.25) is 14.4 Å². The van der Waals surface area contributed by atoms with Crippen LogP contribution in [0.1, 0.15) is 52.5 Å². The fourth-order valence-corrected chi connectivity index (χ4v) is 3.98. The Bertz CT molecular complexity index is 730. The molecule has 0 heterocycles. The Hall–Kier alpha value is -1.73. The van der Waals surface area contributed by atoms with E-state index in [-0.39, 0.29) is 6.42 Å². The fourth-order valence-electron chi connectivity index (χ4n) is 3.71. The summed E-state index contributed by atoms with van der Waals surface area (Å²) < 4.78 is 11.5. The summed E-state index contributed by atoms with van der Waals surface area (Å²) in [6.45, 7) is 8.24. The second kappa shape index (κ2) is 8.74. The van der Waals surface area contributed by atoms with Crippen LogP contribution in [0.2, 0.25) is 0 Å². The molecule has 28 heavy (non-hydrogen) atoms. The maximum absolute atomic E-state index is 12.9. The second-order valence-corrected chi connectivity index (χ2v) is 8.92. The van der Waals surface area contributed by atoms with Crippen LogP contribution in [0.3, 0.4) is 0 Å². The third-order valence-corrected chi connectivity index (χ3v) is 5.26. The molecule has 1 aromatic rings. The van der Waals surface area contributed by atoms with Gasteiger partial charge in [0.1, 0.15) is 5.92 Å². The molecule has 2 rings (SSSR count). The van der Waals surface area contributed by atoms with E-state index < -0.39 is 53.3 Å². The predicted molar refractivity (Wildman–Crippen MR) is 107 cm³/mol. The van der Waals surface area contributed by atoms with Crippen molar-refractivity contribution in [3.05, 3.63) is 34.3 Å². The summed E-state index contributed by atoms with van der Waals surface area (Å²) in [4.78, 5) is 38.6. The highest BCUT2D eigenvalue weighted by atomic mass is 79.9. The second-order valence-electron chi connectivity index (χ2n) is 8.00. The van der Waals surface area contributed by atoms with Gasteiger partial charge in [-0.05, 0) is 52.3 Å². The Kier molecular flexibility index (Phi) is 7.04. The molecule has 0 saturated heterocycles. The first kappa shape index (κ1) is 22.6. The van der Waals surface area contributed by atoms with E-state index in [1.165, 1.54) is 6.92 Å². The summed E-state index contributed by atoms with van der Waals surface area (Å²) in [5, 5.41) is 11.0. The number of hydrogen-bond acceptors (Lipinski definition) is 6. The van der Waals surface area contributed by atoms with E-state index in [4.69, 9.17) is 9.47 Å². The molecule has 1 aliphatic rings. The van der Waals surface area contributed by atoms with Crippen molar-refractivity contribution in [2.75, 3.05) is 0 Å². The molecule has 0 amide bonds. The minimum Gasteiger partial charge on any atom is -0.463 e. The maximum Gasteiger partial charge on any atom is 0.317 e. The number of rotatable bonds is 5. The lowest BCUT2D eigenvalue weighted by Crippen LogP contribution is -2.55. The zero-order valence-corrected chi connectivity index (χ0v) is 18.4. The van der Waals surface area contributed by atoms with Crippen LogP contribution in [-0.2, 0) is 23.9 Å². The number of esters is 2. The largest absolute Gasteiger partial charge is 0.463 e. The molecule has 0 radical (unpaired) electrons. The van der Waals surface area contributed by atoms with Crippen LogP contribution in [0.4, 0.5) is 0 Å². The van der Waals surface area contributed by atoms with Crippen molar-refractivity contribution in [3.8, 4) is 0 Å². The highest BCUT2D eigenvalue weighted by Crippen LogP contribution is 2.47. The lowest BCUT2D eigenvalue weighted by molar-refractivity contribution is -0.176. The van der Waals surface area contributed by atoms with Crippen LogP contribution in [-0.4, -0.2) is 40.6 Å². The molecular formula is C21H27BrO6. The minimum atomic E-state index is -1.64. The fraction of sp³-hybridized carbons (Fsp3) is 0.571. The Balaban J connectivity index is 2.59. The van der Waals surface area contributed by atoms with Crippen LogP contribution in [0.5, 0.6) is 0 Å². The van der Waals surface area contributed by atoms with Crippen molar-refractivity contribution in [1.29, 1.82) is 0 Å². The highest BCUT2D eigenvalue weighted by molar-refractivity contribution is 9.10. The van der Waals surface area contributed by atoms with Crippen LogP contribution < -0.4 is 0 Å². The summed E-state index contributed by atoms with van der Waals surface area (Å²) in [5.74, 6) is -4.93. The van der Waals surface area contributed by atoms with Gasteiger partial charge < -0.3 is 14.6 Å². The van der Waals surface area contributed by atoms with Crippen molar-refractivity contribution < 1.29 is 29.0 Å². The molecular weight excluding hydrogens is 428 g/mol. The number of benzene rings is 1. The van der Waals surface area contributed by atoms with E-state index in [0.717, 1.165) is 4.47 Å². The molecule has 1 N–H and O–H groups in total. The average Bonchev–Trinajstić information content (AvgIpc) is 2.52. The standard InChI is InChI=1S/C21H27BrO6/c1-11(2)27-19(24)17-15(23)10-21(5,26)18(20(25)28-12(3)4)16(17)13-6-8-14(22)9-7-13/h6-9,11-12,16-18,26H,10H2,1-5H3/t16-,17-,18+,21-/m0/s1. The average molecular weight is 455 g/mol. The van der Waals surface area contributed by atoms with Gasteiger partial charge >= 0.3 is 11.9 Å². The zero-order chi connectivity index (χ0) is 21.2. The van der Waals surface area contributed by atoms with E-state index >= 15 is 0 Å². The first-order chi connectivity index (χ1) is 12.9. The molecule has 0 bridgehead atoms. The van der Waals surface area contributed by atoms with Crippen molar-refractivity contribution >= 4 is 33.7 Å². The predicted octanol–water partition coefficient (Wildman–Crippen LogP) is 3.39. The number of hydrogen-bond donors (Lipinski definition) is 1. The Morgan fingerprint density at radius 3 is 2.07 bits per heavy atom. The van der Waals surface area contributed by atoms with Crippen molar-refractivity contribution in [3.63, 3.8) is 0 Å². The molecule has 0 unspecified atom stereocenters. The van der Waals surface area contributed by atoms with Gasteiger partial charge in [-0.2, -0.15) is 0 Å². The molecule has 154 valence electrons. The molecule has 0 aromatic heterocycles. The van der Waals surface area contributed by atoms with Gasteiger partial charge in [0, 0.05) is 16.8 Å². The van der Waals surface area contributed by atoms with Gasteiger partial charge in [0.05, 0.1) is 23.7 Å². The molecule has 6 nitrogen and oxygen atoms in total. The van der Waals surface area contributed by atoms with Gasteiger partial charge in [-0.1, -0.05) is 28.1 Å². The minimum absolute atomic E-state index is 0.324. The SMILES string of the molecule is CC(C)OC(=O)[C@H]1C(=O)C[C@](C)(O)[C@@H](C(=O)OC(C)C)[C@H]1c1ccc(Br)cc1. The van der Waals surface area contributed by atoms with E-state index in [0.29, 0.717) is 5.56 Å². The van der Waals surface area contributed by atoms with E-state index in [2.05, 4.69) is 15.9 Å². The molecule has 1 aromatic carbocycles. The number of Topliss-reactive ketones (excluding diaryl/α,β-unsaturated/α-hetero) is 1. The van der Waals surface area contributed by atoms with Crippen LogP contribution in [0.15, 0.2) is 28.7 Å². The topological polar surface area (TPSA) is 89.9 Å². The molecule has 7 heteroatoms. The van der Waals surface area contributed by atoms with Crippen LogP contribution in [0.25, 0.3) is 0 Å². The third-order valence-electron chi connectivity index (χ3n) is 4.73. The van der Waals surface area contributed by atoms with Crippen LogP contribution in [0, 0.1) is 11.8 Å². The quantitative estimate of drug-likeness (QED) is 0.541. The summed E-state index contributed by atoms with van der Waals surface area (Å²) in [6, 6.07) is 6.99. The van der Waals surface area contributed by atoms with Gasteiger partial charge in [-0.15, -0.1) is 0 Å². The van der Waals surface area contributed by atoms with Gasteiger partial charge in [0.2, 0.25) is 0 Å². The summed E-state index contributed by atoms with van der Waals surface area (Å²) >= 11 is 3.36. The smallest absolute Gasteiger partial charge is 0.317 e. The zero-order valence-electron chi connectivity index (χ0n) is 16.8. The monoisotopic (exact) mass is 454 g/mol. The van der Waals surface area contributed by atoms with Crippen molar-refractivity contribution in [2.45, 2.75) is 64.8 Å². The maximum atomic E-state index is 12.9. The number of halogens is 1. The van der Waals surface area contributed by atoms with E-state index in [1.807, 2.05) is 0 Å². The van der Waals surface area contributed by atoms with Crippen LogP contribution >= 0.6 is 15.9 Å². The highest BCUT2D eigenvalue weighted by Gasteiger charge is 2.57. The lowest BCUT2D eigenvalue weighted by Gasteiger charge is -2.44. The first-order valence-corrected chi connectivity index (χ1v) is 10.1. The van der Waals surface area contributed by atoms with E-state index in [9.17, 15) is 19.5 Å². The Labute approximate surface area is 173 Å². The number of carbonyl (C=O) groups excluding carboxylic acids is 3. The molecule has 0 spiro atoms. The summed E-state index contributed by atoms with van der Waals surface area (Å²) in [5.41, 5.74) is -1.05. The van der Waals surface area contributed by atoms with Gasteiger partial charge in [0.15, 0.2) is 5.78 Å². The molecule has 0 aliphatic heterocycles. The van der Waals surface area contributed by atoms with E-state index in [1.54, 1.807) is 52.0 Å². The van der Waals surface area contributed by atoms with Gasteiger partial charge in [0.25, 0.3) is 0 Å². The lowest BCUT2D eigenvalue weighted by atomic mass is 9.61.